The second-order valence-electron chi connectivity index (χ2n) is 4.10. The SMILES string of the molecule is C=CCCOCc1cc(CNCCC)oc1C. The minimum atomic E-state index is 0.622. The maximum Gasteiger partial charge on any atom is 0.118 e. The van der Waals surface area contributed by atoms with Crippen molar-refractivity contribution in [3.8, 4) is 0 Å². The first-order valence-electron chi connectivity index (χ1n) is 6.25. The Morgan fingerprint density at radius 1 is 1.53 bits per heavy atom. The lowest BCUT2D eigenvalue weighted by atomic mass is 10.2. The fourth-order valence-electron chi connectivity index (χ4n) is 1.56. The monoisotopic (exact) mass is 237 g/mol. The maximum absolute atomic E-state index is 5.66. The summed E-state index contributed by atoms with van der Waals surface area (Å²) in [4.78, 5) is 0. The number of rotatable bonds is 9. The molecule has 0 amide bonds. The molecule has 0 aliphatic rings. The molecule has 0 radical (unpaired) electrons. The first-order chi connectivity index (χ1) is 8.27. The fraction of sp³-hybridized carbons (Fsp3) is 0.571. The smallest absolute Gasteiger partial charge is 0.118 e. The van der Waals surface area contributed by atoms with Gasteiger partial charge in [0.1, 0.15) is 11.5 Å². The summed E-state index contributed by atoms with van der Waals surface area (Å²) in [6.07, 6.45) is 3.89. The van der Waals surface area contributed by atoms with E-state index in [4.69, 9.17) is 9.15 Å². The number of hydrogen-bond acceptors (Lipinski definition) is 3. The molecule has 1 heterocycles. The zero-order valence-electron chi connectivity index (χ0n) is 10.9. The van der Waals surface area contributed by atoms with Crippen molar-refractivity contribution in [3.63, 3.8) is 0 Å². The van der Waals surface area contributed by atoms with Gasteiger partial charge in [0.25, 0.3) is 0 Å². The highest BCUT2D eigenvalue weighted by molar-refractivity contribution is 5.19. The minimum Gasteiger partial charge on any atom is -0.465 e. The summed E-state index contributed by atoms with van der Waals surface area (Å²) in [5, 5.41) is 3.32. The van der Waals surface area contributed by atoms with Crippen molar-refractivity contribution in [1.29, 1.82) is 0 Å². The topological polar surface area (TPSA) is 34.4 Å². The largest absolute Gasteiger partial charge is 0.465 e. The molecule has 0 saturated carbocycles. The van der Waals surface area contributed by atoms with Gasteiger partial charge < -0.3 is 14.5 Å². The van der Waals surface area contributed by atoms with Crippen LogP contribution in [0.5, 0.6) is 0 Å². The minimum absolute atomic E-state index is 0.622. The molecular weight excluding hydrogens is 214 g/mol. The van der Waals surface area contributed by atoms with E-state index >= 15 is 0 Å². The van der Waals surface area contributed by atoms with Gasteiger partial charge in [-0.05, 0) is 32.4 Å². The lowest BCUT2D eigenvalue weighted by molar-refractivity contribution is 0.124. The lowest BCUT2D eigenvalue weighted by Gasteiger charge is -1.99. The van der Waals surface area contributed by atoms with Crippen molar-refractivity contribution in [2.75, 3.05) is 13.2 Å². The third-order valence-electron chi connectivity index (χ3n) is 2.52. The predicted molar refractivity (Wildman–Crippen MR) is 69.9 cm³/mol. The van der Waals surface area contributed by atoms with Crippen molar-refractivity contribution in [2.24, 2.45) is 0 Å². The molecule has 0 aliphatic carbocycles. The van der Waals surface area contributed by atoms with E-state index in [0.29, 0.717) is 6.61 Å². The van der Waals surface area contributed by atoms with Gasteiger partial charge in [0, 0.05) is 5.56 Å². The second-order valence-corrected chi connectivity index (χ2v) is 4.10. The van der Waals surface area contributed by atoms with E-state index in [1.54, 1.807) is 0 Å². The third-order valence-corrected chi connectivity index (χ3v) is 2.52. The molecule has 0 aromatic carbocycles. The Morgan fingerprint density at radius 3 is 3.06 bits per heavy atom. The molecule has 0 saturated heterocycles. The zero-order valence-corrected chi connectivity index (χ0v) is 10.9. The van der Waals surface area contributed by atoms with Crippen LogP contribution in [0.25, 0.3) is 0 Å². The molecule has 0 unspecified atom stereocenters. The van der Waals surface area contributed by atoms with Crippen LogP contribution in [0.3, 0.4) is 0 Å². The Morgan fingerprint density at radius 2 is 2.35 bits per heavy atom. The molecule has 1 aromatic heterocycles. The summed E-state index contributed by atoms with van der Waals surface area (Å²) in [7, 11) is 0. The van der Waals surface area contributed by atoms with Crippen molar-refractivity contribution in [3.05, 3.63) is 35.8 Å². The molecule has 0 fully saturated rings. The highest BCUT2D eigenvalue weighted by atomic mass is 16.5. The predicted octanol–water partition coefficient (Wildman–Crippen LogP) is 3.18. The first-order valence-corrected chi connectivity index (χ1v) is 6.25. The number of nitrogens with one attached hydrogen (secondary N) is 1. The van der Waals surface area contributed by atoms with Crippen molar-refractivity contribution in [1.82, 2.24) is 5.32 Å². The van der Waals surface area contributed by atoms with Crippen LogP contribution >= 0.6 is 0 Å². The molecule has 0 spiro atoms. The maximum atomic E-state index is 5.66. The molecule has 0 atom stereocenters. The molecule has 3 heteroatoms. The van der Waals surface area contributed by atoms with Gasteiger partial charge in [0.2, 0.25) is 0 Å². The quantitative estimate of drug-likeness (QED) is 0.529. The standard InChI is InChI=1S/C14H23NO2/c1-4-6-8-16-11-13-9-14(17-12(13)3)10-15-7-5-2/h4,9,15H,1,5-8,10-11H2,2-3H3. The van der Waals surface area contributed by atoms with E-state index in [2.05, 4.69) is 24.9 Å². The summed E-state index contributed by atoms with van der Waals surface area (Å²) in [6, 6.07) is 2.08. The average Bonchev–Trinajstić information content (AvgIpc) is 2.66. The first kappa shape index (κ1) is 14.0. The van der Waals surface area contributed by atoms with Gasteiger partial charge in [-0.15, -0.1) is 6.58 Å². The van der Waals surface area contributed by atoms with Crippen molar-refractivity contribution in [2.45, 2.75) is 39.8 Å². The summed E-state index contributed by atoms with van der Waals surface area (Å²) in [5.74, 6) is 1.94. The van der Waals surface area contributed by atoms with Crippen LogP contribution in [0.4, 0.5) is 0 Å². The number of furan rings is 1. The summed E-state index contributed by atoms with van der Waals surface area (Å²) in [6.45, 7) is 10.9. The highest BCUT2D eigenvalue weighted by Gasteiger charge is 2.06. The molecule has 96 valence electrons. The van der Waals surface area contributed by atoms with Crippen molar-refractivity contribution < 1.29 is 9.15 Å². The molecule has 1 aromatic rings. The van der Waals surface area contributed by atoms with E-state index in [-0.39, 0.29) is 0 Å². The van der Waals surface area contributed by atoms with Gasteiger partial charge in [-0.2, -0.15) is 0 Å². The van der Waals surface area contributed by atoms with E-state index in [9.17, 15) is 0 Å². The zero-order chi connectivity index (χ0) is 12.5. The molecular formula is C14H23NO2. The van der Waals surface area contributed by atoms with E-state index in [1.165, 1.54) is 0 Å². The summed E-state index contributed by atoms with van der Waals surface area (Å²) in [5.41, 5.74) is 1.14. The van der Waals surface area contributed by atoms with Crippen LogP contribution in [0, 0.1) is 6.92 Å². The van der Waals surface area contributed by atoms with Gasteiger partial charge in [0.05, 0.1) is 19.8 Å². The van der Waals surface area contributed by atoms with Crippen LogP contribution < -0.4 is 5.32 Å². The average molecular weight is 237 g/mol. The fourth-order valence-corrected chi connectivity index (χ4v) is 1.56. The Bertz CT molecular complexity index is 331. The summed E-state index contributed by atoms with van der Waals surface area (Å²) < 4.78 is 11.2. The van der Waals surface area contributed by atoms with Crippen LogP contribution in [-0.2, 0) is 17.9 Å². The van der Waals surface area contributed by atoms with Gasteiger partial charge >= 0.3 is 0 Å². The number of aryl methyl sites for hydroxylation is 1. The molecule has 3 nitrogen and oxygen atoms in total. The van der Waals surface area contributed by atoms with Crippen LogP contribution in [-0.4, -0.2) is 13.2 Å². The third kappa shape index (κ3) is 5.20. The molecule has 0 bridgehead atoms. The molecule has 1 rings (SSSR count). The Labute approximate surface area is 104 Å². The molecule has 17 heavy (non-hydrogen) atoms. The van der Waals surface area contributed by atoms with Gasteiger partial charge in [-0.25, -0.2) is 0 Å². The number of ether oxygens (including phenoxy) is 1. The van der Waals surface area contributed by atoms with Gasteiger partial charge in [0.15, 0.2) is 0 Å². The Kier molecular flexibility index (Phi) is 6.67. The number of hydrogen-bond donors (Lipinski definition) is 1. The summed E-state index contributed by atoms with van der Waals surface area (Å²) >= 11 is 0. The Balaban J connectivity index is 2.36. The van der Waals surface area contributed by atoms with Crippen molar-refractivity contribution >= 4 is 0 Å². The lowest BCUT2D eigenvalue weighted by Crippen LogP contribution is -2.13. The van der Waals surface area contributed by atoms with E-state index < -0.39 is 0 Å². The molecule has 0 aliphatic heterocycles. The van der Waals surface area contributed by atoms with Gasteiger partial charge in [-0.1, -0.05) is 13.0 Å². The Hall–Kier alpha value is -1.06. The normalized spacial score (nSPS) is 10.7. The molecule has 1 N–H and O–H groups in total. The van der Waals surface area contributed by atoms with Crippen LogP contribution in [0.2, 0.25) is 0 Å². The van der Waals surface area contributed by atoms with Gasteiger partial charge in [-0.3, -0.25) is 0 Å². The van der Waals surface area contributed by atoms with Crippen LogP contribution in [0.15, 0.2) is 23.1 Å². The highest BCUT2D eigenvalue weighted by Crippen LogP contribution is 2.15. The van der Waals surface area contributed by atoms with Crippen LogP contribution in [0.1, 0.15) is 36.8 Å². The second kappa shape index (κ2) is 8.09. The van der Waals surface area contributed by atoms with E-state index in [1.807, 2.05) is 13.0 Å². The van der Waals surface area contributed by atoms with E-state index in [0.717, 1.165) is 49.6 Å².